The summed E-state index contributed by atoms with van der Waals surface area (Å²) in [5.74, 6) is 0. The number of hydrogen-bond acceptors (Lipinski definition) is 4. The van der Waals surface area contributed by atoms with Gasteiger partial charge < -0.3 is 19.2 Å². The molecular formula is C26H45O4P3. The molecule has 0 saturated heterocycles. The molecule has 0 atom stereocenters. The highest BCUT2D eigenvalue weighted by Crippen LogP contribution is 2.61. The highest BCUT2D eigenvalue weighted by Gasteiger charge is 2.31. The van der Waals surface area contributed by atoms with E-state index in [9.17, 15) is 0 Å². The second kappa shape index (κ2) is 16.9. The van der Waals surface area contributed by atoms with E-state index in [1.807, 2.05) is 0 Å². The Morgan fingerprint density at radius 2 is 0.788 bits per heavy atom. The van der Waals surface area contributed by atoms with E-state index in [-0.39, 0.29) is 1.43 Å². The second-order valence-corrected chi connectivity index (χ2v) is 19.0. The molecule has 2 aromatic rings. The molecule has 0 aliphatic rings. The van der Waals surface area contributed by atoms with Crippen LogP contribution in [0.2, 0.25) is 0 Å². The predicted octanol–water partition coefficient (Wildman–Crippen LogP) is 5.82. The van der Waals surface area contributed by atoms with E-state index in [1.54, 1.807) is 0 Å². The Kier molecular flexibility index (Phi) is 16.6. The van der Waals surface area contributed by atoms with Gasteiger partial charge in [-0.3, -0.25) is 0 Å². The average molecular weight is 515 g/mol. The lowest BCUT2D eigenvalue weighted by Gasteiger charge is -2.36. The van der Waals surface area contributed by atoms with Crippen LogP contribution in [0.15, 0.2) is 60.7 Å². The van der Waals surface area contributed by atoms with E-state index < -0.39 is 22.3 Å². The van der Waals surface area contributed by atoms with Crippen LogP contribution in [-0.4, -0.2) is 37.0 Å². The van der Waals surface area contributed by atoms with Crippen LogP contribution in [0.5, 0.6) is 0 Å². The molecule has 0 unspecified atom stereocenters. The Hall–Kier alpha value is -0.590. The van der Waals surface area contributed by atoms with Crippen LogP contribution >= 0.6 is 22.3 Å². The van der Waals surface area contributed by atoms with Crippen LogP contribution < -0.4 is 14.7 Å². The number of phosphoric acid groups is 1. The Balaban J connectivity index is 0. The summed E-state index contributed by atoms with van der Waals surface area (Å²) in [4.78, 5) is 25.6. The molecule has 0 bridgehead atoms. The largest absolute Gasteiger partial charge is 1.00 e. The minimum atomic E-state index is -5.39. The van der Waals surface area contributed by atoms with Gasteiger partial charge in [-0.15, -0.1) is 0 Å². The summed E-state index contributed by atoms with van der Waals surface area (Å²) in [6.45, 7) is 14.2. The molecule has 0 fully saturated rings. The molecule has 0 aliphatic heterocycles. The summed E-state index contributed by atoms with van der Waals surface area (Å²) in [6, 6.07) is 21.9. The van der Waals surface area contributed by atoms with E-state index in [4.69, 9.17) is 19.2 Å². The molecule has 4 nitrogen and oxygen atoms in total. The quantitative estimate of drug-likeness (QED) is 0.374. The first-order valence-electron chi connectivity index (χ1n) is 12.0. The molecule has 0 heterocycles. The molecule has 0 radical (unpaired) electrons. The molecule has 0 aromatic heterocycles. The van der Waals surface area contributed by atoms with Crippen LogP contribution in [-0.2, 0) is 16.9 Å². The van der Waals surface area contributed by atoms with Crippen molar-refractivity contribution in [3.05, 3.63) is 71.8 Å². The third-order valence-corrected chi connectivity index (χ3v) is 16.9. The van der Waals surface area contributed by atoms with Gasteiger partial charge in [-0.25, -0.2) is 0 Å². The maximum absolute atomic E-state index is 8.55. The van der Waals surface area contributed by atoms with Crippen molar-refractivity contribution < 1.29 is 20.7 Å². The lowest BCUT2D eigenvalue weighted by atomic mass is 10.2. The van der Waals surface area contributed by atoms with Crippen molar-refractivity contribution in [1.29, 1.82) is 0 Å². The Morgan fingerprint density at radius 1 is 0.576 bits per heavy atom. The molecule has 188 valence electrons. The van der Waals surface area contributed by atoms with Gasteiger partial charge in [-0.2, -0.15) is 7.82 Å². The lowest BCUT2D eigenvalue weighted by Crippen LogP contribution is -2.24. The third-order valence-electron chi connectivity index (χ3n) is 6.75. The van der Waals surface area contributed by atoms with Crippen molar-refractivity contribution in [2.24, 2.45) is 0 Å². The third kappa shape index (κ3) is 14.4. The first kappa shape index (κ1) is 32.4. The summed E-state index contributed by atoms with van der Waals surface area (Å²) in [5.41, 5.74) is 3.07. The molecule has 2 aromatic carbocycles. The Labute approximate surface area is 205 Å². The minimum absolute atomic E-state index is 0. The lowest BCUT2D eigenvalue weighted by molar-refractivity contribution is -0.432. The molecule has 0 saturated carbocycles. The molecule has 0 N–H and O–H groups in total. The van der Waals surface area contributed by atoms with E-state index in [0.29, 0.717) is 0 Å². The van der Waals surface area contributed by atoms with Crippen molar-refractivity contribution in [3.8, 4) is 0 Å². The monoisotopic (exact) mass is 514 g/mol. The molecule has 2 rings (SSSR count). The van der Waals surface area contributed by atoms with Crippen LogP contribution in [0.3, 0.4) is 0 Å². The van der Waals surface area contributed by atoms with Gasteiger partial charge in [0.15, 0.2) is 0 Å². The van der Waals surface area contributed by atoms with Gasteiger partial charge in [0.05, 0.1) is 49.3 Å². The van der Waals surface area contributed by atoms with Gasteiger partial charge in [0.1, 0.15) is 0 Å². The topological polar surface area (TPSA) is 86.2 Å². The number of benzene rings is 2. The van der Waals surface area contributed by atoms with Crippen molar-refractivity contribution >= 4 is 22.3 Å². The molecule has 0 spiro atoms. The van der Waals surface area contributed by atoms with Crippen molar-refractivity contribution in [1.82, 2.24) is 0 Å². The fraction of sp³-hybridized carbons (Fsp3) is 0.538. The molecule has 0 amide bonds. The van der Waals surface area contributed by atoms with E-state index in [2.05, 4.69) is 102 Å². The fourth-order valence-corrected chi connectivity index (χ4v) is 9.95. The van der Waals surface area contributed by atoms with E-state index >= 15 is 0 Å². The van der Waals surface area contributed by atoms with Gasteiger partial charge in [-0.1, -0.05) is 60.7 Å². The van der Waals surface area contributed by atoms with Gasteiger partial charge >= 0.3 is 1.43 Å². The standard InChI is InChI=1S/2C13H22P.H3O4P/c2*1-4-14(5-2,6-3)12-13-10-8-7-9-11-13;1-5(2,3)4/h2*7-11H,4-6,12H2,1-3H3;(H3,1,2,3,4)/q2*+1;/p-2. The first-order chi connectivity index (χ1) is 15.5. The summed E-state index contributed by atoms with van der Waals surface area (Å²) in [5, 5.41) is 0. The summed E-state index contributed by atoms with van der Waals surface area (Å²) >= 11 is 0. The van der Waals surface area contributed by atoms with E-state index in [1.165, 1.54) is 60.4 Å². The van der Waals surface area contributed by atoms with Crippen molar-refractivity contribution in [3.63, 3.8) is 0 Å². The van der Waals surface area contributed by atoms with Crippen LogP contribution in [0.4, 0.5) is 0 Å². The molecule has 0 aliphatic carbocycles. The highest BCUT2D eigenvalue weighted by molar-refractivity contribution is 7.75. The zero-order valence-corrected chi connectivity index (χ0v) is 24.1. The summed E-state index contributed by atoms with van der Waals surface area (Å²) < 4.78 is 8.55. The zero-order chi connectivity index (χ0) is 25.4. The molecular weight excluding hydrogens is 469 g/mol. The second-order valence-electron chi connectivity index (χ2n) is 8.32. The fourth-order valence-electron chi connectivity index (χ4n) is 3.95. The van der Waals surface area contributed by atoms with Gasteiger partial charge in [0.25, 0.3) is 0 Å². The van der Waals surface area contributed by atoms with E-state index in [0.717, 1.165) is 0 Å². The summed E-state index contributed by atoms with van der Waals surface area (Å²) in [6.07, 6.45) is 11.1. The highest BCUT2D eigenvalue weighted by atomic mass is 31.2. The van der Waals surface area contributed by atoms with Gasteiger partial charge in [-0.05, 0) is 52.7 Å². The first-order valence-corrected chi connectivity index (χ1v) is 18.6. The normalized spacial score (nSPS) is 11.7. The predicted molar refractivity (Wildman–Crippen MR) is 146 cm³/mol. The maximum Gasteiger partial charge on any atom is 1.00 e. The van der Waals surface area contributed by atoms with Crippen molar-refractivity contribution in [2.45, 2.75) is 53.9 Å². The van der Waals surface area contributed by atoms with Crippen LogP contribution in [0, 0.1) is 0 Å². The molecule has 7 heteroatoms. The summed E-state index contributed by atoms with van der Waals surface area (Å²) in [7, 11) is -6.71. The van der Waals surface area contributed by atoms with Crippen molar-refractivity contribution in [2.75, 3.05) is 37.0 Å². The van der Waals surface area contributed by atoms with Crippen LogP contribution in [0.1, 0.15) is 54.1 Å². The average Bonchev–Trinajstić information content (AvgIpc) is 2.82. The SMILES string of the molecule is CC[P+](CC)(CC)Cc1ccccc1.CC[P+](CC)(CC)Cc1ccccc1.O=P([O-])([O-])[O-].[H+]. The number of rotatable bonds is 10. The minimum Gasteiger partial charge on any atom is -0.822 e. The Morgan fingerprint density at radius 3 is 0.970 bits per heavy atom. The van der Waals surface area contributed by atoms with Gasteiger partial charge in [0, 0.05) is 14.5 Å². The zero-order valence-electron chi connectivity index (χ0n) is 22.4. The smallest absolute Gasteiger partial charge is 0.822 e. The Bertz CT molecular complexity index is 695. The van der Waals surface area contributed by atoms with Gasteiger partial charge in [0.2, 0.25) is 0 Å². The number of hydrogen-bond donors (Lipinski definition) is 0. The molecule has 33 heavy (non-hydrogen) atoms. The maximum atomic E-state index is 8.55. The van der Waals surface area contributed by atoms with Crippen LogP contribution in [0.25, 0.3) is 0 Å².